The average Bonchev–Trinajstić information content (AvgIpc) is 3.02. The Morgan fingerprint density at radius 1 is 1.50 bits per heavy atom. The Labute approximate surface area is 117 Å². The van der Waals surface area contributed by atoms with Gasteiger partial charge in [-0.05, 0) is 18.4 Å². The maximum absolute atomic E-state index is 8.81. The Hall–Kier alpha value is -2.13. The Balaban J connectivity index is 2.29. The Bertz CT molecular complexity index is 616. The highest BCUT2D eigenvalue weighted by Crippen LogP contribution is 2.35. The second-order valence-corrected chi connectivity index (χ2v) is 5.57. The molecule has 0 aliphatic heterocycles. The normalized spacial score (nSPS) is 13.2. The molecule has 0 bridgehead atoms. The van der Waals surface area contributed by atoms with Crippen LogP contribution in [-0.2, 0) is 4.74 Å². The third-order valence-electron chi connectivity index (χ3n) is 2.84. The van der Waals surface area contributed by atoms with Crippen LogP contribution in [-0.4, -0.2) is 21.7 Å². The minimum Gasteiger partial charge on any atom is -0.370 e. The summed E-state index contributed by atoms with van der Waals surface area (Å²) in [5.74, 6) is 0.873. The fraction of sp³-hybridized carbons (Fsp3) is 0.500. The molecule has 0 fully saturated rings. The number of aromatic amines is 1. The summed E-state index contributed by atoms with van der Waals surface area (Å²) in [5, 5.41) is 12.8. The standard InChI is InChI=1S/C14H18N4O2/c1-5-19-11(14(2,3)4)12-17-13(20-18-12)10-6-9(7-15)8-16-10/h6,8,11,16H,5H2,1-4H3. The van der Waals surface area contributed by atoms with E-state index in [-0.39, 0.29) is 11.5 Å². The molecule has 0 radical (unpaired) electrons. The van der Waals surface area contributed by atoms with E-state index in [0.29, 0.717) is 29.6 Å². The first-order chi connectivity index (χ1) is 9.45. The second-order valence-electron chi connectivity index (χ2n) is 5.57. The highest BCUT2D eigenvalue weighted by molar-refractivity contribution is 5.51. The molecular formula is C14H18N4O2. The molecule has 2 aromatic heterocycles. The van der Waals surface area contributed by atoms with Crippen LogP contribution in [0.25, 0.3) is 11.6 Å². The molecule has 2 heterocycles. The van der Waals surface area contributed by atoms with Gasteiger partial charge in [0.15, 0.2) is 0 Å². The molecule has 106 valence electrons. The van der Waals surface area contributed by atoms with Crippen LogP contribution >= 0.6 is 0 Å². The molecule has 20 heavy (non-hydrogen) atoms. The van der Waals surface area contributed by atoms with Crippen LogP contribution in [0, 0.1) is 16.7 Å². The predicted octanol–water partition coefficient (Wildman–Crippen LogP) is 3.06. The SMILES string of the molecule is CCOC(c1noc(-c2cc(C#N)c[nH]2)n1)C(C)(C)C. The van der Waals surface area contributed by atoms with Crippen molar-refractivity contribution in [2.75, 3.05) is 6.61 Å². The van der Waals surface area contributed by atoms with Crippen molar-refractivity contribution in [2.24, 2.45) is 5.41 Å². The molecule has 6 heteroatoms. The van der Waals surface area contributed by atoms with Crippen LogP contribution in [0.1, 0.15) is 45.2 Å². The van der Waals surface area contributed by atoms with E-state index >= 15 is 0 Å². The van der Waals surface area contributed by atoms with Crippen molar-refractivity contribution in [3.8, 4) is 17.7 Å². The van der Waals surface area contributed by atoms with Crippen LogP contribution < -0.4 is 0 Å². The lowest BCUT2D eigenvalue weighted by atomic mass is 9.88. The van der Waals surface area contributed by atoms with Crippen LogP contribution in [0.5, 0.6) is 0 Å². The predicted molar refractivity (Wildman–Crippen MR) is 72.6 cm³/mol. The van der Waals surface area contributed by atoms with E-state index in [1.54, 1.807) is 12.3 Å². The lowest BCUT2D eigenvalue weighted by Gasteiger charge is -2.27. The maximum Gasteiger partial charge on any atom is 0.274 e. The van der Waals surface area contributed by atoms with Crippen molar-refractivity contribution in [3.63, 3.8) is 0 Å². The number of H-pyrrole nitrogens is 1. The topological polar surface area (TPSA) is 87.7 Å². The molecule has 0 aliphatic carbocycles. The third kappa shape index (κ3) is 2.89. The van der Waals surface area contributed by atoms with Crippen molar-refractivity contribution in [3.05, 3.63) is 23.7 Å². The monoisotopic (exact) mass is 274 g/mol. The van der Waals surface area contributed by atoms with Crippen LogP contribution in [0.2, 0.25) is 0 Å². The fourth-order valence-corrected chi connectivity index (χ4v) is 1.91. The van der Waals surface area contributed by atoms with Crippen molar-refractivity contribution >= 4 is 0 Å². The summed E-state index contributed by atoms with van der Waals surface area (Å²) in [6, 6.07) is 3.72. The van der Waals surface area contributed by atoms with Gasteiger partial charge in [-0.3, -0.25) is 0 Å². The van der Waals surface area contributed by atoms with Crippen molar-refractivity contribution in [1.82, 2.24) is 15.1 Å². The Morgan fingerprint density at radius 2 is 2.25 bits per heavy atom. The quantitative estimate of drug-likeness (QED) is 0.925. The number of nitrogens with zero attached hydrogens (tertiary/aromatic N) is 3. The summed E-state index contributed by atoms with van der Waals surface area (Å²) in [6.07, 6.45) is 1.36. The molecule has 0 aliphatic rings. The van der Waals surface area contributed by atoms with Gasteiger partial charge in [0.1, 0.15) is 17.9 Å². The second kappa shape index (κ2) is 5.47. The lowest BCUT2D eigenvalue weighted by molar-refractivity contribution is -0.0203. The van der Waals surface area contributed by atoms with E-state index < -0.39 is 0 Å². The summed E-state index contributed by atoms with van der Waals surface area (Å²) in [7, 11) is 0. The van der Waals surface area contributed by atoms with Gasteiger partial charge in [-0.25, -0.2) is 0 Å². The number of ether oxygens (including phenoxy) is 1. The van der Waals surface area contributed by atoms with Gasteiger partial charge >= 0.3 is 0 Å². The van der Waals surface area contributed by atoms with Gasteiger partial charge in [0.2, 0.25) is 5.82 Å². The van der Waals surface area contributed by atoms with Gasteiger partial charge in [0.25, 0.3) is 5.89 Å². The van der Waals surface area contributed by atoms with Crippen molar-refractivity contribution < 1.29 is 9.26 Å². The van der Waals surface area contributed by atoms with Gasteiger partial charge in [0.05, 0.1) is 5.56 Å². The summed E-state index contributed by atoms with van der Waals surface area (Å²) in [4.78, 5) is 7.31. The Morgan fingerprint density at radius 3 is 2.80 bits per heavy atom. The van der Waals surface area contributed by atoms with Crippen molar-refractivity contribution in [2.45, 2.75) is 33.8 Å². The zero-order chi connectivity index (χ0) is 14.8. The van der Waals surface area contributed by atoms with E-state index in [1.807, 2.05) is 13.0 Å². The summed E-state index contributed by atoms with van der Waals surface area (Å²) >= 11 is 0. The maximum atomic E-state index is 8.81. The van der Waals surface area contributed by atoms with Gasteiger partial charge in [-0.2, -0.15) is 10.2 Å². The van der Waals surface area contributed by atoms with Gasteiger partial charge in [0, 0.05) is 12.8 Å². The van der Waals surface area contributed by atoms with E-state index in [9.17, 15) is 0 Å². The summed E-state index contributed by atoms with van der Waals surface area (Å²) in [5.41, 5.74) is 1.02. The number of aromatic nitrogens is 3. The summed E-state index contributed by atoms with van der Waals surface area (Å²) in [6.45, 7) is 8.69. The van der Waals surface area contributed by atoms with Crippen LogP contribution in [0.4, 0.5) is 0 Å². The highest BCUT2D eigenvalue weighted by Gasteiger charge is 2.31. The first-order valence-corrected chi connectivity index (χ1v) is 6.49. The molecular weight excluding hydrogens is 256 g/mol. The number of nitrogens with one attached hydrogen (secondary N) is 1. The molecule has 1 N–H and O–H groups in total. The zero-order valence-corrected chi connectivity index (χ0v) is 12.1. The van der Waals surface area contributed by atoms with Crippen LogP contribution in [0.3, 0.4) is 0 Å². The van der Waals surface area contributed by atoms with Crippen molar-refractivity contribution in [1.29, 1.82) is 5.26 Å². The largest absolute Gasteiger partial charge is 0.370 e. The minimum absolute atomic E-state index is 0.134. The molecule has 2 aromatic rings. The molecule has 0 saturated heterocycles. The molecule has 0 aromatic carbocycles. The smallest absolute Gasteiger partial charge is 0.274 e. The molecule has 1 atom stereocenters. The van der Waals surface area contributed by atoms with E-state index in [2.05, 4.69) is 35.9 Å². The number of rotatable bonds is 4. The highest BCUT2D eigenvalue weighted by atomic mass is 16.5. The molecule has 0 saturated carbocycles. The van der Waals surface area contributed by atoms with E-state index in [4.69, 9.17) is 14.5 Å². The number of hydrogen-bond acceptors (Lipinski definition) is 5. The first-order valence-electron chi connectivity index (χ1n) is 6.49. The van der Waals surface area contributed by atoms with Gasteiger partial charge in [-0.15, -0.1) is 0 Å². The number of hydrogen-bond donors (Lipinski definition) is 1. The van der Waals surface area contributed by atoms with Gasteiger partial charge in [-0.1, -0.05) is 25.9 Å². The van der Waals surface area contributed by atoms with Crippen LogP contribution in [0.15, 0.2) is 16.8 Å². The third-order valence-corrected chi connectivity index (χ3v) is 2.84. The first kappa shape index (κ1) is 14.3. The van der Waals surface area contributed by atoms with Gasteiger partial charge < -0.3 is 14.2 Å². The summed E-state index contributed by atoms with van der Waals surface area (Å²) < 4.78 is 11.0. The fourth-order valence-electron chi connectivity index (χ4n) is 1.91. The van der Waals surface area contributed by atoms with E-state index in [1.165, 1.54) is 0 Å². The lowest BCUT2D eigenvalue weighted by Crippen LogP contribution is -2.22. The molecule has 2 rings (SSSR count). The molecule has 1 unspecified atom stereocenters. The zero-order valence-electron chi connectivity index (χ0n) is 12.1. The molecule has 0 amide bonds. The Kier molecular flexibility index (Phi) is 3.91. The average molecular weight is 274 g/mol. The minimum atomic E-state index is -0.240. The number of nitriles is 1. The van der Waals surface area contributed by atoms with E-state index in [0.717, 1.165) is 0 Å². The molecule has 0 spiro atoms. The molecule has 6 nitrogen and oxygen atoms in total.